The number of hydrogen-bond acceptors (Lipinski definition) is 4. The minimum absolute atomic E-state index is 0.0296. The standard InChI is InChI=1S/C31H53N3O3/c1-4-5-6-7-8-9-10-11-12-13-14-16-30(35)33-27-17-18-29(34-22-19-26(2)20-23-34)28(25-27)31(36)32-21-15-24-37-3/h17-18,25-26H,4-16,19-24H2,1-3H3,(H,32,36)(H,33,35). The van der Waals surface area contributed by atoms with Gasteiger partial charge in [-0.1, -0.05) is 78.1 Å². The summed E-state index contributed by atoms with van der Waals surface area (Å²) in [5.74, 6) is 0.657. The summed E-state index contributed by atoms with van der Waals surface area (Å²) < 4.78 is 5.10. The van der Waals surface area contributed by atoms with Gasteiger partial charge in [0, 0.05) is 51.1 Å². The third-order valence-electron chi connectivity index (χ3n) is 7.47. The van der Waals surface area contributed by atoms with E-state index in [9.17, 15) is 9.59 Å². The highest BCUT2D eigenvalue weighted by atomic mass is 16.5. The van der Waals surface area contributed by atoms with Crippen LogP contribution in [-0.4, -0.2) is 45.2 Å². The monoisotopic (exact) mass is 515 g/mol. The van der Waals surface area contributed by atoms with Gasteiger partial charge in [-0.3, -0.25) is 9.59 Å². The maximum atomic E-state index is 13.1. The summed E-state index contributed by atoms with van der Waals surface area (Å²) in [6, 6.07) is 5.78. The van der Waals surface area contributed by atoms with E-state index in [1.165, 1.54) is 57.8 Å². The quantitative estimate of drug-likeness (QED) is 0.189. The first-order chi connectivity index (χ1) is 18.0. The Balaban J connectivity index is 1.80. The fourth-order valence-electron chi connectivity index (χ4n) is 5.01. The molecule has 0 radical (unpaired) electrons. The van der Waals surface area contributed by atoms with Crippen molar-refractivity contribution in [3.8, 4) is 0 Å². The summed E-state index contributed by atoms with van der Waals surface area (Å²) in [6.45, 7) is 7.64. The normalized spacial score (nSPS) is 14.1. The molecule has 1 aliphatic rings. The first-order valence-corrected chi connectivity index (χ1v) is 15.0. The molecule has 0 saturated carbocycles. The van der Waals surface area contributed by atoms with Gasteiger partial charge in [-0.25, -0.2) is 0 Å². The lowest BCUT2D eigenvalue weighted by atomic mass is 9.97. The van der Waals surface area contributed by atoms with E-state index < -0.39 is 0 Å². The molecule has 1 fully saturated rings. The molecular formula is C31H53N3O3. The van der Waals surface area contributed by atoms with Crippen LogP contribution in [0.3, 0.4) is 0 Å². The molecular weight excluding hydrogens is 462 g/mol. The van der Waals surface area contributed by atoms with Crippen molar-refractivity contribution >= 4 is 23.2 Å². The number of nitrogens with one attached hydrogen (secondary N) is 2. The maximum Gasteiger partial charge on any atom is 0.253 e. The molecule has 1 saturated heterocycles. The SMILES string of the molecule is CCCCCCCCCCCCCC(=O)Nc1ccc(N2CCC(C)CC2)c(C(=O)NCCCOC)c1. The van der Waals surface area contributed by atoms with E-state index in [1.54, 1.807) is 7.11 Å². The molecule has 2 amide bonds. The number of carbonyl (C=O) groups excluding carboxylic acids is 2. The molecule has 0 bridgehead atoms. The van der Waals surface area contributed by atoms with Crippen LogP contribution >= 0.6 is 0 Å². The second-order valence-corrected chi connectivity index (χ2v) is 10.8. The fraction of sp³-hybridized carbons (Fsp3) is 0.742. The number of methoxy groups -OCH3 is 1. The molecule has 0 atom stereocenters. The van der Waals surface area contributed by atoms with Crippen LogP contribution in [0.2, 0.25) is 0 Å². The van der Waals surface area contributed by atoms with Gasteiger partial charge in [0.1, 0.15) is 0 Å². The number of hydrogen-bond donors (Lipinski definition) is 2. The highest BCUT2D eigenvalue weighted by Gasteiger charge is 2.21. The van der Waals surface area contributed by atoms with E-state index in [-0.39, 0.29) is 11.8 Å². The number of nitrogens with zero attached hydrogens (tertiary/aromatic N) is 1. The molecule has 37 heavy (non-hydrogen) atoms. The van der Waals surface area contributed by atoms with Crippen molar-refractivity contribution in [2.45, 2.75) is 110 Å². The van der Waals surface area contributed by atoms with Gasteiger partial charge in [-0.15, -0.1) is 0 Å². The van der Waals surface area contributed by atoms with Gasteiger partial charge in [0.15, 0.2) is 0 Å². The minimum Gasteiger partial charge on any atom is -0.385 e. The summed E-state index contributed by atoms with van der Waals surface area (Å²) in [4.78, 5) is 28.0. The van der Waals surface area contributed by atoms with E-state index in [0.29, 0.717) is 30.8 Å². The lowest BCUT2D eigenvalue weighted by molar-refractivity contribution is -0.116. The Kier molecular flexibility index (Phi) is 16.0. The number of ether oxygens (including phenoxy) is 1. The van der Waals surface area contributed by atoms with Crippen LogP contribution in [0.1, 0.15) is 121 Å². The predicted molar refractivity (Wildman–Crippen MR) is 156 cm³/mol. The zero-order valence-corrected chi connectivity index (χ0v) is 23.9. The van der Waals surface area contributed by atoms with Gasteiger partial charge in [0.05, 0.1) is 5.56 Å². The lowest BCUT2D eigenvalue weighted by Gasteiger charge is -2.33. The van der Waals surface area contributed by atoms with Gasteiger partial charge in [0.2, 0.25) is 5.91 Å². The molecule has 0 unspecified atom stereocenters. The van der Waals surface area contributed by atoms with Crippen molar-refractivity contribution in [3.63, 3.8) is 0 Å². The number of piperidine rings is 1. The van der Waals surface area contributed by atoms with Crippen molar-refractivity contribution in [2.24, 2.45) is 5.92 Å². The first kappa shape index (κ1) is 31.1. The number of anilines is 2. The van der Waals surface area contributed by atoms with Crippen LogP contribution in [0.25, 0.3) is 0 Å². The minimum atomic E-state index is -0.0915. The number of unbranched alkanes of at least 4 members (excludes halogenated alkanes) is 10. The van der Waals surface area contributed by atoms with Crippen molar-refractivity contribution < 1.29 is 14.3 Å². The number of rotatable bonds is 19. The Hall–Kier alpha value is -2.08. The Morgan fingerprint density at radius 3 is 2.16 bits per heavy atom. The number of benzene rings is 1. The summed E-state index contributed by atoms with van der Waals surface area (Å²) in [6.07, 6.45) is 17.5. The Morgan fingerprint density at radius 1 is 0.919 bits per heavy atom. The van der Waals surface area contributed by atoms with Crippen LogP contribution in [0.4, 0.5) is 11.4 Å². The molecule has 1 aromatic carbocycles. The van der Waals surface area contributed by atoms with E-state index in [1.807, 2.05) is 18.2 Å². The van der Waals surface area contributed by atoms with E-state index in [2.05, 4.69) is 29.4 Å². The molecule has 0 spiro atoms. The van der Waals surface area contributed by atoms with Gasteiger partial charge in [-0.05, 0) is 49.8 Å². The largest absolute Gasteiger partial charge is 0.385 e. The highest BCUT2D eigenvalue weighted by Crippen LogP contribution is 2.29. The zero-order chi connectivity index (χ0) is 26.7. The molecule has 6 nitrogen and oxygen atoms in total. The maximum absolute atomic E-state index is 13.1. The molecule has 2 N–H and O–H groups in total. The van der Waals surface area contributed by atoms with Crippen molar-refractivity contribution in [3.05, 3.63) is 23.8 Å². The lowest BCUT2D eigenvalue weighted by Crippen LogP contribution is -2.35. The molecule has 2 rings (SSSR count). The zero-order valence-electron chi connectivity index (χ0n) is 23.9. The summed E-state index contributed by atoms with van der Waals surface area (Å²) >= 11 is 0. The van der Waals surface area contributed by atoms with Crippen LogP contribution in [-0.2, 0) is 9.53 Å². The smallest absolute Gasteiger partial charge is 0.253 e. The van der Waals surface area contributed by atoms with Gasteiger partial charge < -0.3 is 20.3 Å². The van der Waals surface area contributed by atoms with Crippen molar-refractivity contribution in [1.29, 1.82) is 0 Å². The topological polar surface area (TPSA) is 70.7 Å². The van der Waals surface area contributed by atoms with Crippen molar-refractivity contribution in [2.75, 3.05) is 43.6 Å². The molecule has 210 valence electrons. The molecule has 0 aliphatic carbocycles. The number of amides is 2. The summed E-state index contributed by atoms with van der Waals surface area (Å²) in [5.41, 5.74) is 2.29. The molecule has 1 aliphatic heterocycles. The molecule has 1 heterocycles. The van der Waals surface area contributed by atoms with E-state index in [0.717, 1.165) is 56.8 Å². The van der Waals surface area contributed by atoms with Gasteiger partial charge >= 0.3 is 0 Å². The van der Waals surface area contributed by atoms with Crippen LogP contribution in [0.5, 0.6) is 0 Å². The summed E-state index contributed by atoms with van der Waals surface area (Å²) in [5, 5.41) is 6.05. The van der Waals surface area contributed by atoms with E-state index >= 15 is 0 Å². The Labute approximate surface area is 226 Å². The number of carbonyl (C=O) groups is 2. The van der Waals surface area contributed by atoms with Gasteiger partial charge in [0.25, 0.3) is 5.91 Å². The average molecular weight is 516 g/mol. The van der Waals surface area contributed by atoms with Crippen molar-refractivity contribution in [1.82, 2.24) is 5.32 Å². The second-order valence-electron chi connectivity index (χ2n) is 10.8. The average Bonchev–Trinajstić information content (AvgIpc) is 2.90. The van der Waals surface area contributed by atoms with Crippen LogP contribution in [0.15, 0.2) is 18.2 Å². The van der Waals surface area contributed by atoms with Gasteiger partial charge in [-0.2, -0.15) is 0 Å². The molecule has 1 aromatic rings. The molecule has 6 heteroatoms. The second kappa shape index (κ2) is 19.1. The Bertz CT molecular complexity index is 775. The predicted octanol–water partition coefficient (Wildman–Crippen LogP) is 7.33. The fourth-order valence-corrected chi connectivity index (χ4v) is 5.01. The highest BCUT2D eigenvalue weighted by molar-refractivity contribution is 6.02. The Morgan fingerprint density at radius 2 is 1.54 bits per heavy atom. The molecule has 0 aromatic heterocycles. The third kappa shape index (κ3) is 12.8. The van der Waals surface area contributed by atoms with Crippen LogP contribution in [0, 0.1) is 5.92 Å². The third-order valence-corrected chi connectivity index (χ3v) is 7.47. The summed E-state index contributed by atoms with van der Waals surface area (Å²) in [7, 11) is 1.67. The first-order valence-electron chi connectivity index (χ1n) is 15.0. The van der Waals surface area contributed by atoms with Crippen LogP contribution < -0.4 is 15.5 Å². The van der Waals surface area contributed by atoms with E-state index in [4.69, 9.17) is 4.74 Å².